The molecule has 0 aliphatic rings. The third-order valence-corrected chi connectivity index (χ3v) is 2.19. The molecule has 0 atom stereocenters. The van der Waals surface area contributed by atoms with Crippen LogP contribution in [-0.4, -0.2) is 45.7 Å². The molecular formula is C10H13N3O3. The maximum atomic E-state index is 9.09. The molecule has 1 aromatic heterocycles. The van der Waals surface area contributed by atoms with Crippen LogP contribution in [0.15, 0.2) is 18.3 Å². The van der Waals surface area contributed by atoms with Gasteiger partial charge in [0.05, 0.1) is 31.5 Å². The summed E-state index contributed by atoms with van der Waals surface area (Å²) in [5, 5.41) is 38.6. The van der Waals surface area contributed by atoms with Gasteiger partial charge in [-0.1, -0.05) is 0 Å². The molecule has 4 N–H and O–H groups in total. The van der Waals surface area contributed by atoms with E-state index >= 15 is 0 Å². The molecule has 1 aromatic rings. The molecule has 1 rings (SSSR count). The smallest absolute Gasteiger partial charge is 0.127 e. The van der Waals surface area contributed by atoms with Gasteiger partial charge >= 0.3 is 0 Å². The molecule has 0 aliphatic carbocycles. The Morgan fingerprint density at radius 1 is 1.31 bits per heavy atom. The Morgan fingerprint density at radius 2 is 1.94 bits per heavy atom. The van der Waals surface area contributed by atoms with E-state index in [1.54, 1.807) is 0 Å². The predicted octanol–water partition coefficient (Wildman–Crippen LogP) is -0.919. The highest BCUT2D eigenvalue weighted by Crippen LogP contribution is 2.13. The summed E-state index contributed by atoms with van der Waals surface area (Å²) < 4.78 is 0. The van der Waals surface area contributed by atoms with Crippen molar-refractivity contribution in [1.29, 1.82) is 5.26 Å². The first-order chi connectivity index (χ1) is 7.69. The molecule has 0 radical (unpaired) electrons. The second-order valence-corrected chi connectivity index (χ2v) is 3.42. The average Bonchev–Trinajstić information content (AvgIpc) is 2.36. The first kappa shape index (κ1) is 12.4. The SMILES string of the molecule is N#Cc1ccnc(NC(CO)(CO)CO)c1. The van der Waals surface area contributed by atoms with Crippen LogP contribution in [0.4, 0.5) is 5.82 Å². The maximum Gasteiger partial charge on any atom is 0.127 e. The summed E-state index contributed by atoms with van der Waals surface area (Å²) in [5.41, 5.74) is -0.832. The second-order valence-electron chi connectivity index (χ2n) is 3.42. The number of pyridine rings is 1. The molecule has 1 heterocycles. The van der Waals surface area contributed by atoms with Crippen molar-refractivity contribution in [3.05, 3.63) is 23.9 Å². The Hall–Kier alpha value is -1.68. The normalized spacial score (nSPS) is 10.9. The van der Waals surface area contributed by atoms with Crippen LogP contribution in [0, 0.1) is 11.3 Å². The Balaban J connectivity index is 2.90. The van der Waals surface area contributed by atoms with E-state index in [2.05, 4.69) is 10.3 Å². The number of aromatic nitrogens is 1. The molecule has 0 aromatic carbocycles. The van der Waals surface area contributed by atoms with Crippen molar-refractivity contribution in [2.75, 3.05) is 25.1 Å². The molecular weight excluding hydrogens is 210 g/mol. The topological polar surface area (TPSA) is 109 Å². The zero-order chi connectivity index (χ0) is 12.0. The van der Waals surface area contributed by atoms with Gasteiger partial charge in [-0.25, -0.2) is 4.98 Å². The van der Waals surface area contributed by atoms with E-state index in [-0.39, 0.29) is 0 Å². The van der Waals surface area contributed by atoms with Crippen molar-refractivity contribution in [2.45, 2.75) is 5.54 Å². The molecule has 0 aliphatic heterocycles. The van der Waals surface area contributed by atoms with E-state index in [0.29, 0.717) is 11.4 Å². The van der Waals surface area contributed by atoms with Crippen molar-refractivity contribution < 1.29 is 15.3 Å². The Morgan fingerprint density at radius 3 is 2.44 bits per heavy atom. The molecule has 0 bridgehead atoms. The molecule has 0 unspecified atom stereocenters. The molecule has 0 amide bonds. The Bertz CT molecular complexity index is 377. The minimum Gasteiger partial charge on any atom is -0.394 e. The highest BCUT2D eigenvalue weighted by Gasteiger charge is 2.28. The van der Waals surface area contributed by atoms with Gasteiger partial charge < -0.3 is 20.6 Å². The zero-order valence-corrected chi connectivity index (χ0v) is 8.59. The first-order valence-corrected chi connectivity index (χ1v) is 4.66. The van der Waals surface area contributed by atoms with Gasteiger partial charge in [-0.05, 0) is 12.1 Å². The van der Waals surface area contributed by atoms with Crippen LogP contribution in [0.2, 0.25) is 0 Å². The van der Waals surface area contributed by atoms with Crippen molar-refractivity contribution in [3.8, 4) is 6.07 Å². The molecule has 6 nitrogen and oxygen atoms in total. The lowest BCUT2D eigenvalue weighted by atomic mass is 10.0. The lowest BCUT2D eigenvalue weighted by Crippen LogP contribution is -2.49. The number of nitrogens with zero attached hydrogens (tertiary/aromatic N) is 2. The van der Waals surface area contributed by atoms with Crippen molar-refractivity contribution >= 4 is 5.82 Å². The monoisotopic (exact) mass is 223 g/mol. The van der Waals surface area contributed by atoms with E-state index in [9.17, 15) is 0 Å². The van der Waals surface area contributed by atoms with Gasteiger partial charge in [-0.3, -0.25) is 0 Å². The van der Waals surface area contributed by atoms with Crippen LogP contribution in [0.1, 0.15) is 5.56 Å². The number of hydrogen-bond acceptors (Lipinski definition) is 6. The van der Waals surface area contributed by atoms with Crippen LogP contribution in [-0.2, 0) is 0 Å². The van der Waals surface area contributed by atoms with Crippen LogP contribution >= 0.6 is 0 Å². The first-order valence-electron chi connectivity index (χ1n) is 4.66. The summed E-state index contributed by atoms with van der Waals surface area (Å²) in [6.07, 6.45) is 1.43. The molecule has 0 spiro atoms. The second kappa shape index (κ2) is 5.42. The summed E-state index contributed by atoms with van der Waals surface area (Å²) in [5.74, 6) is 0.316. The summed E-state index contributed by atoms with van der Waals surface area (Å²) >= 11 is 0. The number of nitrogens with one attached hydrogen (secondary N) is 1. The van der Waals surface area contributed by atoms with Gasteiger partial charge in [-0.15, -0.1) is 0 Å². The fourth-order valence-corrected chi connectivity index (χ4v) is 1.11. The van der Waals surface area contributed by atoms with Gasteiger partial charge in [0.25, 0.3) is 0 Å². The molecule has 0 saturated carbocycles. The number of rotatable bonds is 5. The molecule has 0 fully saturated rings. The zero-order valence-electron chi connectivity index (χ0n) is 8.59. The number of aliphatic hydroxyl groups is 3. The van der Waals surface area contributed by atoms with E-state index < -0.39 is 25.4 Å². The van der Waals surface area contributed by atoms with Crippen LogP contribution in [0.3, 0.4) is 0 Å². The van der Waals surface area contributed by atoms with Crippen molar-refractivity contribution in [3.63, 3.8) is 0 Å². The summed E-state index contributed by atoms with van der Waals surface area (Å²) in [4.78, 5) is 3.92. The van der Waals surface area contributed by atoms with Gasteiger partial charge in [0.1, 0.15) is 11.4 Å². The van der Waals surface area contributed by atoms with E-state index in [4.69, 9.17) is 20.6 Å². The molecule has 0 saturated heterocycles. The van der Waals surface area contributed by atoms with Gasteiger partial charge in [0.15, 0.2) is 0 Å². The summed E-state index contributed by atoms with van der Waals surface area (Å²) in [7, 11) is 0. The largest absolute Gasteiger partial charge is 0.394 e. The van der Waals surface area contributed by atoms with E-state index in [1.165, 1.54) is 18.3 Å². The fourth-order valence-electron chi connectivity index (χ4n) is 1.11. The van der Waals surface area contributed by atoms with Gasteiger partial charge in [0.2, 0.25) is 0 Å². The van der Waals surface area contributed by atoms with Gasteiger partial charge in [0, 0.05) is 6.20 Å². The lowest BCUT2D eigenvalue weighted by molar-refractivity contribution is 0.0831. The quantitative estimate of drug-likeness (QED) is 0.514. The number of hydrogen-bond donors (Lipinski definition) is 4. The van der Waals surface area contributed by atoms with Crippen molar-refractivity contribution in [2.24, 2.45) is 0 Å². The number of nitriles is 1. The highest BCUT2D eigenvalue weighted by atomic mass is 16.3. The Kier molecular flexibility index (Phi) is 4.19. The molecule has 6 heteroatoms. The van der Waals surface area contributed by atoms with Gasteiger partial charge in [-0.2, -0.15) is 5.26 Å². The molecule has 86 valence electrons. The highest BCUT2D eigenvalue weighted by molar-refractivity contribution is 5.44. The molecule has 16 heavy (non-hydrogen) atoms. The maximum absolute atomic E-state index is 9.09. The average molecular weight is 223 g/mol. The lowest BCUT2D eigenvalue weighted by Gasteiger charge is -2.29. The minimum atomic E-state index is -1.24. The summed E-state index contributed by atoms with van der Waals surface area (Å²) in [6, 6.07) is 4.94. The standard InChI is InChI=1S/C10H13N3O3/c11-4-8-1-2-12-9(3-8)13-10(5-14,6-15)7-16/h1-3,14-16H,5-7H2,(H,12,13). The fraction of sp³-hybridized carbons (Fsp3) is 0.400. The van der Waals surface area contributed by atoms with E-state index in [0.717, 1.165) is 0 Å². The van der Waals surface area contributed by atoms with Crippen LogP contribution < -0.4 is 5.32 Å². The third kappa shape index (κ3) is 2.67. The van der Waals surface area contributed by atoms with E-state index in [1.807, 2.05) is 6.07 Å². The van der Waals surface area contributed by atoms with Crippen LogP contribution in [0.25, 0.3) is 0 Å². The Labute approximate surface area is 92.8 Å². The van der Waals surface area contributed by atoms with Crippen molar-refractivity contribution in [1.82, 2.24) is 4.98 Å². The van der Waals surface area contributed by atoms with Crippen LogP contribution in [0.5, 0.6) is 0 Å². The third-order valence-electron chi connectivity index (χ3n) is 2.19. The number of anilines is 1. The minimum absolute atomic E-state index is 0.316. The number of aliphatic hydroxyl groups excluding tert-OH is 3. The summed E-state index contributed by atoms with van der Waals surface area (Å²) in [6.45, 7) is -1.34. The predicted molar refractivity (Wildman–Crippen MR) is 56.6 cm³/mol.